The van der Waals surface area contributed by atoms with Crippen molar-refractivity contribution in [1.29, 1.82) is 0 Å². The Balaban J connectivity index is 1.77. The molecule has 0 aliphatic heterocycles. The van der Waals surface area contributed by atoms with Crippen molar-refractivity contribution in [2.45, 2.75) is 32.9 Å². The maximum Gasteiger partial charge on any atom is 0.270 e. The molecule has 134 valence electrons. The summed E-state index contributed by atoms with van der Waals surface area (Å²) in [5.74, 6) is -0.634. The lowest BCUT2D eigenvalue weighted by Gasteiger charge is -2.14. The third-order valence-electron chi connectivity index (χ3n) is 4.15. The Morgan fingerprint density at radius 2 is 1.96 bits per heavy atom. The van der Waals surface area contributed by atoms with Gasteiger partial charge < -0.3 is 5.32 Å². The van der Waals surface area contributed by atoms with Gasteiger partial charge in [-0.3, -0.25) is 14.5 Å². The summed E-state index contributed by atoms with van der Waals surface area (Å²) >= 11 is 0. The van der Waals surface area contributed by atoms with E-state index in [-0.39, 0.29) is 23.8 Å². The van der Waals surface area contributed by atoms with Crippen LogP contribution in [0.1, 0.15) is 48.9 Å². The van der Waals surface area contributed by atoms with E-state index in [2.05, 4.69) is 29.2 Å². The maximum absolute atomic E-state index is 13.4. The number of amides is 1. The van der Waals surface area contributed by atoms with Gasteiger partial charge >= 0.3 is 0 Å². The SMILES string of the molecule is CC(NC(=O)c1cc(-c2cnn(C(C)C)c2)ccn1)c1cccc(F)c1. The largest absolute Gasteiger partial charge is 0.344 e. The number of nitrogens with one attached hydrogen (secondary N) is 1. The van der Waals surface area contributed by atoms with Crippen LogP contribution >= 0.6 is 0 Å². The Labute approximate surface area is 151 Å². The first-order valence-electron chi connectivity index (χ1n) is 8.51. The molecule has 1 atom stereocenters. The van der Waals surface area contributed by atoms with Gasteiger partial charge in [0.05, 0.1) is 12.2 Å². The van der Waals surface area contributed by atoms with Gasteiger partial charge in [-0.15, -0.1) is 0 Å². The molecule has 0 bridgehead atoms. The highest BCUT2D eigenvalue weighted by molar-refractivity contribution is 5.93. The zero-order valence-corrected chi connectivity index (χ0v) is 15.0. The zero-order valence-electron chi connectivity index (χ0n) is 15.0. The average Bonchev–Trinajstić information content (AvgIpc) is 3.12. The Hall–Kier alpha value is -3.02. The summed E-state index contributed by atoms with van der Waals surface area (Å²) in [4.78, 5) is 16.7. The number of benzene rings is 1. The van der Waals surface area contributed by atoms with Crippen LogP contribution in [0.15, 0.2) is 55.0 Å². The fraction of sp³-hybridized carbons (Fsp3) is 0.250. The van der Waals surface area contributed by atoms with Gasteiger partial charge in [-0.05, 0) is 56.2 Å². The molecule has 0 fully saturated rings. The smallest absolute Gasteiger partial charge is 0.270 e. The summed E-state index contributed by atoms with van der Waals surface area (Å²) in [5, 5.41) is 7.18. The Morgan fingerprint density at radius 3 is 2.65 bits per heavy atom. The number of rotatable bonds is 5. The molecule has 3 aromatic rings. The first-order chi connectivity index (χ1) is 12.4. The summed E-state index contributed by atoms with van der Waals surface area (Å²) in [5.41, 5.74) is 2.81. The van der Waals surface area contributed by atoms with Crippen LogP contribution in [-0.2, 0) is 0 Å². The van der Waals surface area contributed by atoms with Crippen molar-refractivity contribution < 1.29 is 9.18 Å². The minimum absolute atomic E-state index is 0.264. The van der Waals surface area contributed by atoms with E-state index in [0.717, 1.165) is 11.1 Å². The van der Waals surface area contributed by atoms with Crippen molar-refractivity contribution in [2.75, 3.05) is 0 Å². The van der Waals surface area contributed by atoms with E-state index >= 15 is 0 Å². The van der Waals surface area contributed by atoms with Crippen molar-refractivity contribution in [2.24, 2.45) is 0 Å². The summed E-state index contributed by atoms with van der Waals surface area (Å²) in [6.45, 7) is 5.91. The van der Waals surface area contributed by atoms with Crippen molar-refractivity contribution in [3.05, 3.63) is 72.1 Å². The normalized spacial score (nSPS) is 12.2. The van der Waals surface area contributed by atoms with E-state index in [0.29, 0.717) is 11.3 Å². The maximum atomic E-state index is 13.4. The molecule has 1 amide bonds. The fourth-order valence-electron chi connectivity index (χ4n) is 2.63. The molecule has 6 heteroatoms. The lowest BCUT2D eigenvalue weighted by molar-refractivity contribution is 0.0935. The number of hydrogen-bond donors (Lipinski definition) is 1. The molecular formula is C20H21FN4O. The number of halogens is 1. The standard InChI is InChI=1S/C20H21FN4O/c1-13(2)25-12-17(11-23-25)16-7-8-22-19(10-16)20(26)24-14(3)15-5-4-6-18(21)9-15/h4-14H,1-3H3,(H,24,26). The molecule has 5 nitrogen and oxygen atoms in total. The second kappa shape index (κ2) is 7.47. The highest BCUT2D eigenvalue weighted by Gasteiger charge is 2.14. The molecule has 0 spiro atoms. The summed E-state index contributed by atoms with van der Waals surface area (Å²) in [7, 11) is 0. The topological polar surface area (TPSA) is 59.8 Å². The number of aromatic nitrogens is 3. The van der Waals surface area contributed by atoms with Gasteiger partial charge in [0.2, 0.25) is 0 Å². The van der Waals surface area contributed by atoms with Gasteiger partial charge in [0, 0.05) is 24.0 Å². The summed E-state index contributed by atoms with van der Waals surface area (Å²) in [6, 6.07) is 9.70. The van der Waals surface area contributed by atoms with Crippen molar-refractivity contribution in [3.63, 3.8) is 0 Å². The summed E-state index contributed by atoms with van der Waals surface area (Å²) < 4.78 is 15.2. The minimum atomic E-state index is -0.328. The van der Waals surface area contributed by atoms with Crippen LogP contribution in [0.5, 0.6) is 0 Å². The predicted octanol–water partition coefficient (Wildman–Crippen LogP) is 4.16. The van der Waals surface area contributed by atoms with Gasteiger partial charge in [0.1, 0.15) is 11.5 Å². The van der Waals surface area contributed by atoms with E-state index in [1.54, 1.807) is 30.6 Å². The first kappa shape index (κ1) is 17.8. The molecule has 0 aliphatic rings. The number of carbonyl (C=O) groups is 1. The van der Waals surface area contributed by atoms with Crippen molar-refractivity contribution in [3.8, 4) is 11.1 Å². The predicted molar refractivity (Wildman–Crippen MR) is 98.1 cm³/mol. The van der Waals surface area contributed by atoms with Crippen LogP contribution < -0.4 is 5.32 Å². The lowest BCUT2D eigenvalue weighted by atomic mass is 10.1. The van der Waals surface area contributed by atoms with Gasteiger partial charge in [0.15, 0.2) is 0 Å². The highest BCUT2D eigenvalue weighted by Crippen LogP contribution is 2.21. The van der Waals surface area contributed by atoms with Crippen LogP contribution in [0, 0.1) is 5.82 Å². The monoisotopic (exact) mass is 352 g/mol. The molecule has 1 unspecified atom stereocenters. The molecule has 1 aromatic carbocycles. The molecule has 3 rings (SSSR count). The molecule has 0 radical (unpaired) electrons. The van der Waals surface area contributed by atoms with Gasteiger partial charge in [0.25, 0.3) is 5.91 Å². The number of hydrogen-bond acceptors (Lipinski definition) is 3. The van der Waals surface area contributed by atoms with E-state index in [9.17, 15) is 9.18 Å². The second-order valence-corrected chi connectivity index (χ2v) is 6.48. The van der Waals surface area contributed by atoms with Crippen LogP contribution in [0.2, 0.25) is 0 Å². The number of pyridine rings is 1. The average molecular weight is 352 g/mol. The molecular weight excluding hydrogens is 331 g/mol. The van der Waals surface area contributed by atoms with Crippen molar-refractivity contribution in [1.82, 2.24) is 20.1 Å². The first-order valence-corrected chi connectivity index (χ1v) is 8.51. The molecule has 0 aliphatic carbocycles. The second-order valence-electron chi connectivity index (χ2n) is 6.48. The third-order valence-corrected chi connectivity index (χ3v) is 4.15. The van der Waals surface area contributed by atoms with Crippen molar-refractivity contribution >= 4 is 5.91 Å². The number of carbonyl (C=O) groups excluding carboxylic acids is 1. The fourth-order valence-corrected chi connectivity index (χ4v) is 2.63. The minimum Gasteiger partial charge on any atom is -0.344 e. The van der Waals surface area contributed by atoms with Crippen LogP contribution in [-0.4, -0.2) is 20.7 Å². The van der Waals surface area contributed by atoms with E-state index in [4.69, 9.17) is 0 Å². The van der Waals surface area contributed by atoms with E-state index in [1.807, 2.05) is 23.9 Å². The molecule has 2 heterocycles. The molecule has 0 saturated heterocycles. The van der Waals surface area contributed by atoms with Crippen LogP contribution in [0.25, 0.3) is 11.1 Å². The zero-order chi connectivity index (χ0) is 18.7. The lowest BCUT2D eigenvalue weighted by Crippen LogP contribution is -2.27. The molecule has 26 heavy (non-hydrogen) atoms. The Bertz CT molecular complexity index is 919. The Kier molecular flexibility index (Phi) is 5.11. The summed E-state index contributed by atoms with van der Waals surface area (Å²) in [6.07, 6.45) is 5.31. The van der Waals surface area contributed by atoms with Crippen LogP contribution in [0.3, 0.4) is 0 Å². The van der Waals surface area contributed by atoms with E-state index in [1.165, 1.54) is 12.1 Å². The van der Waals surface area contributed by atoms with E-state index < -0.39 is 0 Å². The quantitative estimate of drug-likeness (QED) is 0.750. The molecule has 1 N–H and O–H groups in total. The third kappa shape index (κ3) is 3.96. The van der Waals surface area contributed by atoms with Gasteiger partial charge in [-0.25, -0.2) is 4.39 Å². The molecule has 2 aromatic heterocycles. The Morgan fingerprint density at radius 1 is 1.15 bits per heavy atom. The van der Waals surface area contributed by atoms with Gasteiger partial charge in [-0.2, -0.15) is 5.10 Å². The highest BCUT2D eigenvalue weighted by atomic mass is 19.1. The van der Waals surface area contributed by atoms with Crippen LogP contribution in [0.4, 0.5) is 4.39 Å². The number of nitrogens with zero attached hydrogens (tertiary/aromatic N) is 3. The molecule has 0 saturated carbocycles. The van der Waals surface area contributed by atoms with Gasteiger partial charge in [-0.1, -0.05) is 12.1 Å².